The molecule has 196 valence electrons. The minimum Gasteiger partial charge on any atom is -0.463 e. The van der Waals surface area contributed by atoms with Gasteiger partial charge in [-0.3, -0.25) is 9.59 Å². The summed E-state index contributed by atoms with van der Waals surface area (Å²) in [6.45, 7) is 6.11. The number of esters is 3. The Morgan fingerprint density at radius 3 is 2.39 bits per heavy atom. The highest BCUT2D eigenvalue weighted by molar-refractivity contribution is 5.81. The summed E-state index contributed by atoms with van der Waals surface area (Å²) < 4.78 is 22.0. The highest BCUT2D eigenvalue weighted by Crippen LogP contribution is 2.30. The van der Waals surface area contributed by atoms with Gasteiger partial charge in [-0.15, -0.1) is 0 Å². The molecule has 0 saturated heterocycles. The molecule has 0 spiro atoms. The topological polar surface area (TPSA) is 108 Å². The highest BCUT2D eigenvalue weighted by atomic mass is 16.5. The molecule has 1 saturated carbocycles. The molecule has 1 aromatic carbocycles. The van der Waals surface area contributed by atoms with Crippen molar-refractivity contribution in [2.24, 2.45) is 11.8 Å². The Kier molecular flexibility index (Phi) is 10.7. The number of benzene rings is 1. The van der Waals surface area contributed by atoms with E-state index in [-0.39, 0.29) is 29.9 Å². The average molecular weight is 501 g/mol. The molecule has 1 fully saturated rings. The van der Waals surface area contributed by atoms with E-state index in [0.717, 1.165) is 31.8 Å². The van der Waals surface area contributed by atoms with E-state index >= 15 is 0 Å². The van der Waals surface area contributed by atoms with E-state index in [9.17, 15) is 19.5 Å². The standard InChI is InChI=1S/C28H36O8/c1-3-26(30)34-17-5-4-16-33-23-12-8-21(9-13-23)27(31)35-24-14-15-25(19(2)18-24)36-28(32)20-6-10-22(29)11-7-20/h3,6,10,14-15,18,20-23,29H,1,4-5,7-9,11-13,16-17H2,2H3. The second-order valence-electron chi connectivity index (χ2n) is 9.33. The normalized spacial score (nSPS) is 23.5. The lowest BCUT2D eigenvalue weighted by Crippen LogP contribution is -2.29. The summed E-state index contributed by atoms with van der Waals surface area (Å²) >= 11 is 0. The van der Waals surface area contributed by atoms with Gasteiger partial charge in [-0.2, -0.15) is 0 Å². The molecule has 3 rings (SSSR count). The summed E-state index contributed by atoms with van der Waals surface area (Å²) in [6, 6.07) is 4.97. The third-order valence-electron chi connectivity index (χ3n) is 6.53. The summed E-state index contributed by atoms with van der Waals surface area (Å²) in [5, 5.41) is 9.53. The first-order chi connectivity index (χ1) is 17.4. The Morgan fingerprint density at radius 2 is 1.72 bits per heavy atom. The molecule has 2 atom stereocenters. The molecule has 2 aliphatic carbocycles. The van der Waals surface area contributed by atoms with Crippen molar-refractivity contribution >= 4 is 17.9 Å². The molecule has 36 heavy (non-hydrogen) atoms. The molecule has 1 N–H and O–H groups in total. The first-order valence-corrected chi connectivity index (χ1v) is 12.7. The Labute approximate surface area is 212 Å². The van der Waals surface area contributed by atoms with Crippen LogP contribution in [0.2, 0.25) is 0 Å². The number of aliphatic hydroxyl groups is 1. The highest BCUT2D eigenvalue weighted by Gasteiger charge is 2.28. The molecule has 0 heterocycles. The van der Waals surface area contributed by atoms with Gasteiger partial charge in [0, 0.05) is 12.7 Å². The van der Waals surface area contributed by atoms with Crippen LogP contribution in [0.15, 0.2) is 43.0 Å². The van der Waals surface area contributed by atoms with Gasteiger partial charge in [0.1, 0.15) is 11.5 Å². The van der Waals surface area contributed by atoms with Crippen LogP contribution < -0.4 is 9.47 Å². The van der Waals surface area contributed by atoms with Crippen molar-refractivity contribution in [2.45, 2.75) is 70.5 Å². The fourth-order valence-electron chi connectivity index (χ4n) is 4.34. The number of unbranched alkanes of at least 4 members (excludes halogenated alkanes) is 1. The number of rotatable bonds is 11. The Bertz CT molecular complexity index is 945. The Balaban J connectivity index is 1.37. The van der Waals surface area contributed by atoms with Gasteiger partial charge in [0.05, 0.1) is 30.7 Å². The largest absolute Gasteiger partial charge is 0.463 e. The molecule has 0 bridgehead atoms. The molecule has 2 unspecified atom stereocenters. The van der Waals surface area contributed by atoms with E-state index in [4.69, 9.17) is 18.9 Å². The number of aliphatic hydroxyl groups excluding tert-OH is 1. The van der Waals surface area contributed by atoms with Crippen molar-refractivity contribution in [1.29, 1.82) is 0 Å². The molecule has 8 nitrogen and oxygen atoms in total. The summed E-state index contributed by atoms with van der Waals surface area (Å²) in [7, 11) is 0. The quantitative estimate of drug-likeness (QED) is 0.158. The monoisotopic (exact) mass is 500 g/mol. The van der Waals surface area contributed by atoms with Gasteiger partial charge in [0.25, 0.3) is 0 Å². The van der Waals surface area contributed by atoms with E-state index in [0.29, 0.717) is 56.0 Å². The van der Waals surface area contributed by atoms with Gasteiger partial charge >= 0.3 is 17.9 Å². The number of ether oxygens (including phenoxy) is 4. The lowest BCUT2D eigenvalue weighted by Gasteiger charge is -2.27. The van der Waals surface area contributed by atoms with Crippen LogP contribution in [0.25, 0.3) is 0 Å². The van der Waals surface area contributed by atoms with Crippen molar-refractivity contribution in [3.63, 3.8) is 0 Å². The maximum Gasteiger partial charge on any atom is 0.330 e. The number of hydrogen-bond acceptors (Lipinski definition) is 8. The average Bonchev–Trinajstić information content (AvgIpc) is 2.88. The Hall–Kier alpha value is -2.97. The second-order valence-corrected chi connectivity index (χ2v) is 9.33. The Morgan fingerprint density at radius 1 is 0.972 bits per heavy atom. The number of hydrogen-bond donors (Lipinski definition) is 1. The van der Waals surface area contributed by atoms with Gasteiger partial charge in [-0.1, -0.05) is 18.7 Å². The van der Waals surface area contributed by atoms with E-state index in [1.54, 1.807) is 37.3 Å². The van der Waals surface area contributed by atoms with Crippen LogP contribution in [0, 0.1) is 18.8 Å². The number of aryl methyl sites for hydroxylation is 1. The van der Waals surface area contributed by atoms with Crippen LogP contribution >= 0.6 is 0 Å². The molecule has 8 heteroatoms. The van der Waals surface area contributed by atoms with Gasteiger partial charge in [0.15, 0.2) is 0 Å². The van der Waals surface area contributed by atoms with Crippen molar-refractivity contribution in [1.82, 2.24) is 0 Å². The van der Waals surface area contributed by atoms with Crippen molar-refractivity contribution in [3.8, 4) is 11.5 Å². The van der Waals surface area contributed by atoms with E-state index < -0.39 is 12.1 Å². The molecule has 0 radical (unpaired) electrons. The summed E-state index contributed by atoms with van der Waals surface area (Å²) in [5.41, 5.74) is 0.699. The van der Waals surface area contributed by atoms with Gasteiger partial charge in [0.2, 0.25) is 0 Å². The molecule has 0 amide bonds. The predicted molar refractivity (Wildman–Crippen MR) is 132 cm³/mol. The van der Waals surface area contributed by atoms with Crippen molar-refractivity contribution < 1.29 is 38.4 Å². The van der Waals surface area contributed by atoms with Crippen molar-refractivity contribution in [3.05, 3.63) is 48.6 Å². The third-order valence-corrected chi connectivity index (χ3v) is 6.53. The van der Waals surface area contributed by atoms with Crippen LogP contribution in [0.3, 0.4) is 0 Å². The summed E-state index contributed by atoms with van der Waals surface area (Å²) in [5.74, 6) is -0.718. The van der Waals surface area contributed by atoms with E-state index in [2.05, 4.69) is 6.58 Å². The number of carbonyl (C=O) groups excluding carboxylic acids is 3. The van der Waals surface area contributed by atoms with Gasteiger partial charge in [-0.25, -0.2) is 4.79 Å². The smallest absolute Gasteiger partial charge is 0.330 e. The van der Waals surface area contributed by atoms with Gasteiger partial charge in [-0.05, 0) is 82.1 Å². The van der Waals surface area contributed by atoms with Crippen molar-refractivity contribution in [2.75, 3.05) is 13.2 Å². The zero-order chi connectivity index (χ0) is 25.9. The minimum absolute atomic E-state index is 0.128. The molecule has 0 aliphatic heterocycles. The maximum absolute atomic E-state index is 12.7. The molecule has 1 aromatic rings. The fourth-order valence-corrected chi connectivity index (χ4v) is 4.34. The second kappa shape index (κ2) is 13.9. The zero-order valence-electron chi connectivity index (χ0n) is 20.9. The van der Waals surface area contributed by atoms with Crippen LogP contribution in [0.5, 0.6) is 11.5 Å². The molecule has 2 aliphatic rings. The van der Waals surface area contributed by atoms with E-state index in [1.807, 2.05) is 0 Å². The maximum atomic E-state index is 12.7. The molecule has 0 aromatic heterocycles. The van der Waals surface area contributed by atoms with E-state index in [1.165, 1.54) is 0 Å². The van der Waals surface area contributed by atoms with Crippen LogP contribution in [0.4, 0.5) is 0 Å². The minimum atomic E-state index is -0.501. The van der Waals surface area contributed by atoms with Crippen LogP contribution in [-0.2, 0) is 23.9 Å². The molecular formula is C28H36O8. The lowest BCUT2D eigenvalue weighted by atomic mass is 9.87. The third kappa shape index (κ3) is 8.60. The fraction of sp³-hybridized carbons (Fsp3) is 0.536. The lowest BCUT2D eigenvalue weighted by molar-refractivity contribution is -0.141. The number of carbonyl (C=O) groups is 3. The predicted octanol–water partition coefficient (Wildman–Crippen LogP) is 4.22. The van der Waals surface area contributed by atoms with Crippen LogP contribution in [0.1, 0.15) is 56.9 Å². The SMILES string of the molecule is C=CC(=O)OCCCCOC1CCC(C(=O)Oc2ccc(OC(=O)C3C=CC(O)CC3)c(C)c2)CC1. The zero-order valence-corrected chi connectivity index (χ0v) is 20.9. The summed E-state index contributed by atoms with van der Waals surface area (Å²) in [6.07, 6.45) is 9.72. The summed E-state index contributed by atoms with van der Waals surface area (Å²) in [4.78, 5) is 36.1. The first-order valence-electron chi connectivity index (χ1n) is 12.7. The van der Waals surface area contributed by atoms with Crippen LogP contribution in [-0.4, -0.2) is 48.4 Å². The molecular weight excluding hydrogens is 464 g/mol. The van der Waals surface area contributed by atoms with Gasteiger partial charge < -0.3 is 24.1 Å². The first kappa shape index (κ1) is 27.6.